The van der Waals surface area contributed by atoms with Gasteiger partial charge in [0.25, 0.3) is 0 Å². The molecular formula is C15H22N2O4. The van der Waals surface area contributed by atoms with Gasteiger partial charge < -0.3 is 24.8 Å². The molecule has 1 aliphatic heterocycles. The van der Waals surface area contributed by atoms with E-state index in [1.165, 1.54) is 14.0 Å². The van der Waals surface area contributed by atoms with E-state index in [9.17, 15) is 9.90 Å². The second-order valence-electron chi connectivity index (χ2n) is 5.27. The number of esters is 1. The summed E-state index contributed by atoms with van der Waals surface area (Å²) in [4.78, 5) is 13.6. The topological polar surface area (TPSA) is 71.0 Å². The number of hydrogen-bond acceptors (Lipinski definition) is 6. The highest BCUT2D eigenvalue weighted by Gasteiger charge is 2.31. The van der Waals surface area contributed by atoms with E-state index in [-0.39, 0.29) is 6.54 Å². The summed E-state index contributed by atoms with van der Waals surface area (Å²) in [5.74, 6) is -0.653. The molecule has 1 aromatic carbocycles. The van der Waals surface area contributed by atoms with Gasteiger partial charge >= 0.3 is 5.97 Å². The van der Waals surface area contributed by atoms with Gasteiger partial charge in [0.1, 0.15) is 0 Å². The number of carbonyl (C=O) groups is 1. The second kappa shape index (κ2) is 6.78. The third kappa shape index (κ3) is 4.09. The smallest absolute Gasteiger partial charge is 0.339 e. The summed E-state index contributed by atoms with van der Waals surface area (Å²) >= 11 is 0. The first kappa shape index (κ1) is 15.6. The summed E-state index contributed by atoms with van der Waals surface area (Å²) in [6, 6.07) is 7.89. The predicted molar refractivity (Wildman–Crippen MR) is 80.6 cm³/mol. The number of benzene rings is 1. The zero-order valence-electron chi connectivity index (χ0n) is 12.5. The lowest BCUT2D eigenvalue weighted by atomic mass is 10.1. The molecule has 1 aromatic rings. The standard InChI is InChI=1S/C15H22N2O4/c1-15(19,14(18)20-2)11-16-12-3-5-13(6-4-12)17-7-9-21-10-8-17/h3-6,16,19H,7-11H2,1-2H3. The number of carbonyl (C=O) groups excluding carboxylic acids is 1. The van der Waals surface area contributed by atoms with Gasteiger partial charge in [-0.1, -0.05) is 0 Å². The van der Waals surface area contributed by atoms with Crippen LogP contribution in [0.1, 0.15) is 6.92 Å². The molecule has 1 aliphatic rings. The lowest BCUT2D eigenvalue weighted by Gasteiger charge is -2.29. The molecule has 2 rings (SSSR count). The van der Waals surface area contributed by atoms with Crippen LogP contribution in [0.15, 0.2) is 24.3 Å². The fourth-order valence-electron chi connectivity index (χ4n) is 2.18. The average Bonchev–Trinajstić information content (AvgIpc) is 2.53. The number of nitrogens with zero attached hydrogens (tertiary/aromatic N) is 1. The number of nitrogens with one attached hydrogen (secondary N) is 1. The van der Waals surface area contributed by atoms with Gasteiger partial charge in [0.05, 0.1) is 26.9 Å². The molecular weight excluding hydrogens is 272 g/mol. The van der Waals surface area contributed by atoms with Crippen molar-refractivity contribution in [3.8, 4) is 0 Å². The summed E-state index contributed by atoms with van der Waals surface area (Å²) < 4.78 is 9.88. The molecule has 1 unspecified atom stereocenters. The number of anilines is 2. The van der Waals surface area contributed by atoms with Crippen molar-refractivity contribution >= 4 is 17.3 Å². The molecule has 21 heavy (non-hydrogen) atoms. The number of hydrogen-bond donors (Lipinski definition) is 2. The maximum Gasteiger partial charge on any atom is 0.339 e. The third-order valence-corrected chi connectivity index (χ3v) is 3.51. The monoisotopic (exact) mass is 294 g/mol. The van der Waals surface area contributed by atoms with Crippen molar-refractivity contribution in [3.63, 3.8) is 0 Å². The van der Waals surface area contributed by atoms with Crippen LogP contribution < -0.4 is 10.2 Å². The van der Waals surface area contributed by atoms with Crippen LogP contribution in [-0.4, -0.2) is 56.6 Å². The second-order valence-corrected chi connectivity index (χ2v) is 5.27. The molecule has 0 radical (unpaired) electrons. The molecule has 1 atom stereocenters. The van der Waals surface area contributed by atoms with Gasteiger partial charge in [0.15, 0.2) is 5.60 Å². The zero-order chi connectivity index (χ0) is 15.3. The van der Waals surface area contributed by atoms with Crippen molar-refractivity contribution in [2.75, 3.05) is 50.2 Å². The van der Waals surface area contributed by atoms with Crippen molar-refractivity contribution in [1.29, 1.82) is 0 Å². The van der Waals surface area contributed by atoms with E-state index in [1.807, 2.05) is 24.3 Å². The minimum Gasteiger partial charge on any atom is -0.467 e. The van der Waals surface area contributed by atoms with E-state index in [0.717, 1.165) is 37.7 Å². The molecule has 116 valence electrons. The molecule has 0 bridgehead atoms. The number of rotatable bonds is 5. The summed E-state index contributed by atoms with van der Waals surface area (Å²) in [6.07, 6.45) is 0. The first-order chi connectivity index (χ1) is 10.0. The highest BCUT2D eigenvalue weighted by Crippen LogP contribution is 2.19. The van der Waals surface area contributed by atoms with E-state index in [4.69, 9.17) is 4.74 Å². The number of aliphatic hydroxyl groups is 1. The maximum absolute atomic E-state index is 11.4. The summed E-state index contributed by atoms with van der Waals surface area (Å²) in [7, 11) is 1.26. The number of ether oxygens (including phenoxy) is 2. The van der Waals surface area contributed by atoms with Crippen LogP contribution in [0.25, 0.3) is 0 Å². The molecule has 0 amide bonds. The van der Waals surface area contributed by atoms with Crippen molar-refractivity contribution < 1.29 is 19.4 Å². The fourth-order valence-corrected chi connectivity index (χ4v) is 2.18. The molecule has 2 N–H and O–H groups in total. The average molecular weight is 294 g/mol. The van der Waals surface area contributed by atoms with Crippen molar-refractivity contribution in [3.05, 3.63) is 24.3 Å². The van der Waals surface area contributed by atoms with Crippen LogP contribution >= 0.6 is 0 Å². The highest BCUT2D eigenvalue weighted by molar-refractivity contribution is 5.79. The van der Waals surface area contributed by atoms with Crippen LogP contribution in [-0.2, 0) is 14.3 Å². The van der Waals surface area contributed by atoms with Crippen molar-refractivity contribution in [1.82, 2.24) is 0 Å². The van der Waals surface area contributed by atoms with Crippen LogP contribution in [0, 0.1) is 0 Å². The van der Waals surface area contributed by atoms with Gasteiger partial charge in [-0.05, 0) is 31.2 Å². The normalized spacial score (nSPS) is 18.0. The Morgan fingerprint density at radius 1 is 1.38 bits per heavy atom. The predicted octanol–water partition coefficient (Wildman–Crippen LogP) is 0.859. The lowest BCUT2D eigenvalue weighted by Crippen LogP contribution is -2.42. The van der Waals surface area contributed by atoms with Crippen LogP contribution in [0.3, 0.4) is 0 Å². The van der Waals surface area contributed by atoms with Crippen LogP contribution in [0.5, 0.6) is 0 Å². The quantitative estimate of drug-likeness (QED) is 0.785. The Morgan fingerprint density at radius 3 is 2.57 bits per heavy atom. The van der Waals surface area contributed by atoms with E-state index >= 15 is 0 Å². The molecule has 0 aromatic heterocycles. The number of morpholine rings is 1. The summed E-state index contributed by atoms with van der Waals surface area (Å²) in [5.41, 5.74) is 0.442. The van der Waals surface area contributed by atoms with Crippen LogP contribution in [0.4, 0.5) is 11.4 Å². The molecule has 0 aliphatic carbocycles. The fraction of sp³-hybridized carbons (Fsp3) is 0.533. The van der Waals surface area contributed by atoms with Gasteiger partial charge in [-0.15, -0.1) is 0 Å². The Bertz CT molecular complexity index is 467. The highest BCUT2D eigenvalue weighted by atomic mass is 16.5. The van der Waals surface area contributed by atoms with Crippen molar-refractivity contribution in [2.45, 2.75) is 12.5 Å². The molecule has 0 saturated carbocycles. The summed E-state index contributed by atoms with van der Waals surface area (Å²) in [6.45, 7) is 4.81. The third-order valence-electron chi connectivity index (χ3n) is 3.51. The Balaban J connectivity index is 1.91. The Kier molecular flexibility index (Phi) is 5.03. The van der Waals surface area contributed by atoms with Crippen molar-refractivity contribution in [2.24, 2.45) is 0 Å². The van der Waals surface area contributed by atoms with Crippen LogP contribution in [0.2, 0.25) is 0 Å². The largest absolute Gasteiger partial charge is 0.467 e. The molecule has 1 heterocycles. The van der Waals surface area contributed by atoms with E-state index < -0.39 is 11.6 Å². The summed E-state index contributed by atoms with van der Waals surface area (Å²) in [5, 5.41) is 13.0. The first-order valence-electron chi connectivity index (χ1n) is 7.00. The maximum atomic E-state index is 11.4. The Hall–Kier alpha value is -1.79. The lowest BCUT2D eigenvalue weighted by molar-refractivity contribution is -0.158. The van der Waals surface area contributed by atoms with Gasteiger partial charge in [-0.2, -0.15) is 0 Å². The number of methoxy groups -OCH3 is 1. The van der Waals surface area contributed by atoms with E-state index in [1.54, 1.807) is 0 Å². The van der Waals surface area contributed by atoms with Gasteiger partial charge in [-0.3, -0.25) is 0 Å². The minimum atomic E-state index is -1.54. The Morgan fingerprint density at radius 2 is 2.00 bits per heavy atom. The van der Waals surface area contributed by atoms with Gasteiger partial charge in [-0.25, -0.2) is 4.79 Å². The molecule has 1 saturated heterocycles. The van der Waals surface area contributed by atoms with Gasteiger partial charge in [0.2, 0.25) is 0 Å². The van der Waals surface area contributed by atoms with E-state index in [2.05, 4.69) is 15.0 Å². The van der Waals surface area contributed by atoms with Gasteiger partial charge in [0, 0.05) is 24.5 Å². The SMILES string of the molecule is COC(=O)C(C)(O)CNc1ccc(N2CCOCC2)cc1. The molecule has 6 nitrogen and oxygen atoms in total. The van der Waals surface area contributed by atoms with E-state index in [0.29, 0.717) is 0 Å². The zero-order valence-corrected chi connectivity index (χ0v) is 12.5. The Labute approximate surface area is 124 Å². The molecule has 1 fully saturated rings. The molecule has 6 heteroatoms. The molecule has 0 spiro atoms. The minimum absolute atomic E-state index is 0.0938. The first-order valence-corrected chi connectivity index (χ1v) is 7.00.